The number of halogens is 3. The summed E-state index contributed by atoms with van der Waals surface area (Å²) in [6.45, 7) is 4.44. The van der Waals surface area contributed by atoms with Crippen molar-refractivity contribution in [1.82, 2.24) is 19.9 Å². The van der Waals surface area contributed by atoms with E-state index in [-0.39, 0.29) is 30.1 Å². The summed E-state index contributed by atoms with van der Waals surface area (Å²) in [5.41, 5.74) is -1.23. The molecule has 47 heavy (non-hydrogen) atoms. The van der Waals surface area contributed by atoms with Crippen molar-refractivity contribution in [1.29, 1.82) is 0 Å². The van der Waals surface area contributed by atoms with E-state index in [0.717, 1.165) is 50.3 Å². The van der Waals surface area contributed by atoms with Crippen LogP contribution in [0.3, 0.4) is 0 Å². The van der Waals surface area contributed by atoms with Crippen molar-refractivity contribution in [3.05, 3.63) is 66.2 Å². The van der Waals surface area contributed by atoms with E-state index in [2.05, 4.69) is 30.5 Å². The van der Waals surface area contributed by atoms with Gasteiger partial charge in [-0.3, -0.25) is 14.5 Å². The summed E-state index contributed by atoms with van der Waals surface area (Å²) in [6, 6.07) is 8.85. The van der Waals surface area contributed by atoms with E-state index < -0.39 is 46.1 Å². The number of aromatic nitrogens is 3. The number of hydrogen-bond acceptors (Lipinski definition) is 10. The molecule has 246 valence electrons. The molecule has 2 aliphatic rings. The van der Waals surface area contributed by atoms with Crippen molar-refractivity contribution < 1.29 is 41.7 Å². The van der Waals surface area contributed by atoms with E-state index >= 15 is 8.78 Å². The Morgan fingerprint density at radius 1 is 0.936 bits per heavy atom. The van der Waals surface area contributed by atoms with Crippen molar-refractivity contribution in [3.8, 4) is 23.3 Å². The zero-order valence-corrected chi connectivity index (χ0v) is 25.4. The minimum atomic E-state index is -1.47. The van der Waals surface area contributed by atoms with Gasteiger partial charge < -0.3 is 29.6 Å². The van der Waals surface area contributed by atoms with E-state index in [0.29, 0.717) is 36.8 Å². The van der Waals surface area contributed by atoms with E-state index in [1.165, 1.54) is 25.6 Å². The number of pyridine rings is 1. The van der Waals surface area contributed by atoms with Crippen LogP contribution < -0.4 is 24.8 Å². The molecule has 2 N–H and O–H groups in total. The van der Waals surface area contributed by atoms with Gasteiger partial charge in [0.25, 0.3) is 5.88 Å². The maximum atomic E-state index is 15.2. The first kappa shape index (κ1) is 31.9. The van der Waals surface area contributed by atoms with Crippen molar-refractivity contribution in [2.45, 2.75) is 19.3 Å². The maximum Gasteiger partial charge on any atom is 0.257 e. The molecule has 2 fully saturated rings. The third kappa shape index (κ3) is 7.05. The van der Waals surface area contributed by atoms with Gasteiger partial charge in [-0.05, 0) is 55.7 Å². The lowest BCUT2D eigenvalue weighted by Gasteiger charge is -2.26. The minimum Gasteiger partial charge on any atom is -0.488 e. The van der Waals surface area contributed by atoms with Crippen LogP contribution in [0.5, 0.6) is 23.3 Å². The predicted octanol–water partition coefficient (Wildman–Crippen LogP) is 4.70. The lowest BCUT2D eigenvalue weighted by Crippen LogP contribution is -2.37. The topological polar surface area (TPSA) is 137 Å². The Hall–Kier alpha value is -5.02. The molecule has 2 amide bonds. The van der Waals surface area contributed by atoms with Gasteiger partial charge in [0.1, 0.15) is 23.1 Å². The van der Waals surface area contributed by atoms with Crippen molar-refractivity contribution in [2.75, 3.05) is 57.2 Å². The second-order valence-electron chi connectivity index (χ2n) is 11.0. The Labute approximate surface area is 267 Å². The van der Waals surface area contributed by atoms with Gasteiger partial charge in [-0.25, -0.2) is 18.7 Å². The quantitative estimate of drug-likeness (QED) is 0.164. The average molecular weight is 653 g/mol. The van der Waals surface area contributed by atoms with E-state index in [9.17, 15) is 14.0 Å². The molecule has 1 aliphatic carbocycles. The number of anilines is 2. The summed E-state index contributed by atoms with van der Waals surface area (Å²) < 4.78 is 65.9. The molecular formula is C32H31F3N6O6. The smallest absolute Gasteiger partial charge is 0.257 e. The second kappa shape index (κ2) is 13.8. The largest absolute Gasteiger partial charge is 0.488 e. The summed E-state index contributed by atoms with van der Waals surface area (Å²) in [5.74, 6) is -4.94. The van der Waals surface area contributed by atoms with Crippen molar-refractivity contribution >= 4 is 34.2 Å². The Kier molecular flexibility index (Phi) is 9.36. The highest BCUT2D eigenvalue weighted by Crippen LogP contribution is 2.48. The third-order valence-corrected chi connectivity index (χ3v) is 7.91. The number of benzene rings is 2. The number of amides is 2. The normalized spacial score (nSPS) is 15.6. The first-order valence-corrected chi connectivity index (χ1v) is 14.9. The molecule has 0 atom stereocenters. The molecule has 0 bridgehead atoms. The fourth-order valence-electron chi connectivity index (χ4n) is 5.07. The van der Waals surface area contributed by atoms with Gasteiger partial charge in [0.05, 0.1) is 32.6 Å². The summed E-state index contributed by atoms with van der Waals surface area (Å²) in [7, 11) is 1.42. The Morgan fingerprint density at radius 2 is 1.68 bits per heavy atom. The maximum absolute atomic E-state index is 15.2. The number of morpholine rings is 1. The molecule has 2 aromatic heterocycles. The van der Waals surface area contributed by atoms with Crippen LogP contribution in [0.2, 0.25) is 0 Å². The molecule has 1 aliphatic heterocycles. The number of rotatable bonds is 12. The van der Waals surface area contributed by atoms with Crippen LogP contribution in [-0.2, 0) is 14.3 Å². The van der Waals surface area contributed by atoms with Gasteiger partial charge in [-0.2, -0.15) is 9.37 Å². The highest BCUT2D eigenvalue weighted by atomic mass is 19.2. The second-order valence-corrected chi connectivity index (χ2v) is 11.0. The van der Waals surface area contributed by atoms with Gasteiger partial charge in [-0.15, -0.1) is 0 Å². The lowest BCUT2D eigenvalue weighted by atomic mass is 10.0. The standard InChI is InChI=1S/C32H31F3N6O6/c1-44-28-24(46-14-2-11-41-12-15-45-16-13-41)17-22-27(40-28)29(37-18-36-22)47-23-8-7-21(25(34)26(23)35)39-31(43)32(9-10-32)30(42)38-20-5-3-19(33)4-6-20/h3-8,17-18H,2,9-16H2,1H3,(H,38,42)(H,39,43). The molecule has 0 unspecified atom stereocenters. The molecule has 2 aromatic carbocycles. The number of hydrogen-bond donors (Lipinski definition) is 2. The van der Waals surface area contributed by atoms with Crippen LogP contribution in [0.1, 0.15) is 19.3 Å². The van der Waals surface area contributed by atoms with Crippen molar-refractivity contribution in [2.24, 2.45) is 5.41 Å². The van der Waals surface area contributed by atoms with Gasteiger partial charge in [0, 0.05) is 31.4 Å². The first-order valence-electron chi connectivity index (χ1n) is 14.9. The van der Waals surface area contributed by atoms with Crippen molar-refractivity contribution in [3.63, 3.8) is 0 Å². The van der Waals surface area contributed by atoms with Crippen LogP contribution >= 0.6 is 0 Å². The lowest BCUT2D eigenvalue weighted by molar-refractivity contribution is -0.131. The number of ether oxygens (including phenoxy) is 4. The molecule has 1 saturated carbocycles. The van der Waals surface area contributed by atoms with Gasteiger partial charge in [-0.1, -0.05) is 0 Å². The zero-order valence-electron chi connectivity index (χ0n) is 25.4. The van der Waals surface area contributed by atoms with Gasteiger partial charge in [0.2, 0.25) is 23.5 Å². The average Bonchev–Trinajstić information content (AvgIpc) is 3.90. The number of fused-ring (bicyclic) bond motifs is 1. The minimum absolute atomic E-state index is 0.116. The number of carbonyl (C=O) groups excluding carboxylic acids is 2. The highest BCUT2D eigenvalue weighted by Gasteiger charge is 2.56. The Balaban J connectivity index is 1.13. The van der Waals surface area contributed by atoms with E-state index in [1.54, 1.807) is 6.07 Å². The number of carbonyl (C=O) groups is 2. The number of nitrogens with zero attached hydrogens (tertiary/aromatic N) is 4. The number of nitrogens with one attached hydrogen (secondary N) is 2. The summed E-state index contributed by atoms with van der Waals surface area (Å²) >= 11 is 0. The first-order chi connectivity index (χ1) is 22.8. The predicted molar refractivity (Wildman–Crippen MR) is 163 cm³/mol. The Morgan fingerprint density at radius 3 is 2.40 bits per heavy atom. The van der Waals surface area contributed by atoms with Crippen LogP contribution in [-0.4, -0.2) is 78.2 Å². The molecule has 6 rings (SSSR count). The SMILES string of the molecule is COc1nc2c(Oc3ccc(NC(=O)C4(C(=O)Nc5ccc(F)cc5)CC4)c(F)c3F)ncnc2cc1OCCCN1CCOCC1. The molecule has 0 radical (unpaired) electrons. The molecule has 12 nitrogen and oxygen atoms in total. The molecule has 1 saturated heterocycles. The van der Waals surface area contributed by atoms with Gasteiger partial charge in [0.15, 0.2) is 22.8 Å². The van der Waals surface area contributed by atoms with Crippen LogP contribution in [0.4, 0.5) is 24.5 Å². The summed E-state index contributed by atoms with van der Waals surface area (Å²) in [6.07, 6.45) is 2.36. The molecule has 15 heteroatoms. The molecular weight excluding hydrogens is 621 g/mol. The summed E-state index contributed by atoms with van der Waals surface area (Å²) in [4.78, 5) is 40.8. The van der Waals surface area contributed by atoms with Crippen LogP contribution in [0.15, 0.2) is 48.8 Å². The monoisotopic (exact) mass is 652 g/mol. The van der Waals surface area contributed by atoms with E-state index in [4.69, 9.17) is 18.9 Å². The van der Waals surface area contributed by atoms with Gasteiger partial charge >= 0.3 is 0 Å². The zero-order chi connectivity index (χ0) is 33.0. The summed E-state index contributed by atoms with van der Waals surface area (Å²) in [5, 5.41) is 4.86. The molecule has 0 spiro atoms. The van der Waals surface area contributed by atoms with Crippen LogP contribution in [0.25, 0.3) is 11.0 Å². The number of methoxy groups -OCH3 is 1. The third-order valence-electron chi connectivity index (χ3n) is 7.91. The molecule has 4 aromatic rings. The fraction of sp³-hybridized carbons (Fsp3) is 0.344. The highest BCUT2D eigenvalue weighted by molar-refractivity contribution is 6.17. The van der Waals surface area contributed by atoms with Crippen LogP contribution in [0, 0.1) is 22.9 Å². The van der Waals surface area contributed by atoms with E-state index in [1.807, 2.05) is 0 Å². The fourth-order valence-corrected chi connectivity index (χ4v) is 5.07. The molecule has 3 heterocycles. The Bertz CT molecular complexity index is 1780.